The molecule has 0 saturated heterocycles. The molecule has 3 nitrogen and oxygen atoms in total. The van der Waals surface area contributed by atoms with Gasteiger partial charge in [-0.15, -0.1) is 0 Å². The minimum atomic E-state index is 0.677. The van der Waals surface area contributed by atoms with Crippen molar-refractivity contribution < 1.29 is 0 Å². The van der Waals surface area contributed by atoms with Crippen LogP contribution in [0.25, 0.3) is 10.9 Å². The number of anilines is 1. The summed E-state index contributed by atoms with van der Waals surface area (Å²) in [6, 6.07) is 11.3. The van der Waals surface area contributed by atoms with Gasteiger partial charge in [-0.25, -0.2) is 4.98 Å². The van der Waals surface area contributed by atoms with Crippen molar-refractivity contribution in [1.29, 1.82) is 0 Å². The summed E-state index contributed by atoms with van der Waals surface area (Å²) in [5, 5.41) is 4.51. The van der Waals surface area contributed by atoms with E-state index in [4.69, 9.17) is 4.98 Å². The van der Waals surface area contributed by atoms with Gasteiger partial charge in [0.1, 0.15) is 5.82 Å². The van der Waals surface area contributed by atoms with Crippen LogP contribution in [0.3, 0.4) is 0 Å². The Morgan fingerprint density at radius 2 is 2.11 bits per heavy atom. The zero-order valence-corrected chi connectivity index (χ0v) is 11.7. The zero-order valence-electron chi connectivity index (χ0n) is 11.7. The summed E-state index contributed by atoms with van der Waals surface area (Å²) in [4.78, 5) is 7.16. The molecule has 3 rings (SSSR count). The molecule has 1 saturated carbocycles. The second-order valence-corrected chi connectivity index (χ2v) is 5.38. The molecule has 3 heteroatoms. The quantitative estimate of drug-likeness (QED) is 0.910. The van der Waals surface area contributed by atoms with Crippen molar-refractivity contribution in [3.63, 3.8) is 0 Å². The first-order chi connectivity index (χ1) is 9.29. The van der Waals surface area contributed by atoms with E-state index in [9.17, 15) is 0 Å². The van der Waals surface area contributed by atoms with Gasteiger partial charge in [0.15, 0.2) is 0 Å². The van der Waals surface area contributed by atoms with Gasteiger partial charge in [-0.2, -0.15) is 0 Å². The predicted molar refractivity (Wildman–Crippen MR) is 80.5 cm³/mol. The summed E-state index contributed by atoms with van der Waals surface area (Å²) in [5.74, 6) is 1.11. The van der Waals surface area contributed by atoms with E-state index in [0.717, 1.165) is 17.9 Å². The minimum absolute atomic E-state index is 0.677. The summed E-state index contributed by atoms with van der Waals surface area (Å²) >= 11 is 0. The van der Waals surface area contributed by atoms with Crippen molar-refractivity contribution in [2.75, 3.05) is 19.0 Å². The van der Waals surface area contributed by atoms with Crippen LogP contribution in [0.5, 0.6) is 0 Å². The molecule has 0 radical (unpaired) electrons. The van der Waals surface area contributed by atoms with Crippen LogP contribution in [0.15, 0.2) is 30.3 Å². The molecular formula is C16H21N3. The van der Waals surface area contributed by atoms with Crippen molar-refractivity contribution >= 4 is 16.7 Å². The first-order valence-electron chi connectivity index (χ1n) is 7.05. The lowest BCUT2D eigenvalue weighted by molar-refractivity contribution is 0.399. The van der Waals surface area contributed by atoms with Crippen LogP contribution in [0.2, 0.25) is 0 Å². The normalized spacial score (nSPS) is 15.5. The molecule has 0 atom stereocenters. The van der Waals surface area contributed by atoms with E-state index in [2.05, 4.69) is 47.6 Å². The fraction of sp³-hybridized carbons (Fsp3) is 0.438. The van der Waals surface area contributed by atoms with E-state index in [1.165, 1.54) is 30.2 Å². The van der Waals surface area contributed by atoms with Gasteiger partial charge in [0.05, 0.1) is 5.52 Å². The Morgan fingerprint density at radius 1 is 1.32 bits per heavy atom. The number of fused-ring (bicyclic) bond motifs is 1. The molecule has 2 aromatic rings. The molecule has 1 aliphatic rings. The van der Waals surface area contributed by atoms with E-state index >= 15 is 0 Å². The molecule has 0 bridgehead atoms. The lowest BCUT2D eigenvalue weighted by Crippen LogP contribution is -2.37. The minimum Gasteiger partial charge on any atom is -0.357 e. The van der Waals surface area contributed by atoms with Gasteiger partial charge in [0.2, 0.25) is 0 Å². The first-order valence-corrected chi connectivity index (χ1v) is 7.05. The Bertz CT molecular complexity index is 575. The molecule has 1 heterocycles. The van der Waals surface area contributed by atoms with Gasteiger partial charge in [0.25, 0.3) is 0 Å². The summed E-state index contributed by atoms with van der Waals surface area (Å²) < 4.78 is 0. The summed E-state index contributed by atoms with van der Waals surface area (Å²) in [5.41, 5.74) is 2.42. The van der Waals surface area contributed by atoms with Crippen LogP contribution in [-0.4, -0.2) is 25.1 Å². The number of benzene rings is 1. The molecule has 1 N–H and O–H groups in total. The van der Waals surface area contributed by atoms with Gasteiger partial charge in [0, 0.05) is 25.0 Å². The maximum atomic E-state index is 4.82. The van der Waals surface area contributed by atoms with Crippen LogP contribution in [0, 0.1) is 0 Å². The van der Waals surface area contributed by atoms with Gasteiger partial charge >= 0.3 is 0 Å². The highest BCUT2D eigenvalue weighted by molar-refractivity contribution is 5.84. The number of nitrogens with zero attached hydrogens (tertiary/aromatic N) is 2. The Morgan fingerprint density at radius 3 is 2.79 bits per heavy atom. The third-order valence-corrected chi connectivity index (χ3v) is 4.14. The topological polar surface area (TPSA) is 28.2 Å². The highest BCUT2D eigenvalue weighted by Crippen LogP contribution is 2.29. The summed E-state index contributed by atoms with van der Waals surface area (Å²) in [6.07, 6.45) is 3.95. The third kappa shape index (κ3) is 2.30. The van der Waals surface area contributed by atoms with E-state index in [1.807, 2.05) is 7.05 Å². The number of hydrogen-bond acceptors (Lipinski definition) is 3. The molecule has 1 aliphatic carbocycles. The zero-order chi connectivity index (χ0) is 13.2. The van der Waals surface area contributed by atoms with E-state index in [0.29, 0.717) is 6.04 Å². The fourth-order valence-electron chi connectivity index (χ4n) is 2.71. The molecule has 1 aromatic carbocycles. The monoisotopic (exact) mass is 255 g/mol. The van der Waals surface area contributed by atoms with Crippen molar-refractivity contribution in [2.45, 2.75) is 31.8 Å². The molecule has 1 aromatic heterocycles. The number of pyridine rings is 1. The van der Waals surface area contributed by atoms with Crippen molar-refractivity contribution in [1.82, 2.24) is 10.3 Å². The van der Waals surface area contributed by atoms with Crippen LogP contribution >= 0.6 is 0 Å². The molecule has 0 unspecified atom stereocenters. The lowest BCUT2D eigenvalue weighted by atomic mass is 9.92. The maximum absolute atomic E-state index is 4.82. The van der Waals surface area contributed by atoms with Crippen LogP contribution in [0.1, 0.15) is 24.8 Å². The second-order valence-electron chi connectivity index (χ2n) is 5.38. The van der Waals surface area contributed by atoms with Gasteiger partial charge in [-0.3, -0.25) is 0 Å². The van der Waals surface area contributed by atoms with Gasteiger partial charge in [-0.05, 0) is 44.0 Å². The molecular weight excluding hydrogens is 234 g/mol. The van der Waals surface area contributed by atoms with Gasteiger partial charge in [-0.1, -0.05) is 18.2 Å². The number of para-hydroxylation sites is 1. The van der Waals surface area contributed by atoms with E-state index in [-0.39, 0.29) is 0 Å². The largest absolute Gasteiger partial charge is 0.357 e. The SMILES string of the molecule is CNCc1cc(N(C)C2CCC2)nc2ccccc12. The Labute approximate surface area is 114 Å². The molecule has 19 heavy (non-hydrogen) atoms. The summed E-state index contributed by atoms with van der Waals surface area (Å²) in [7, 11) is 4.16. The maximum Gasteiger partial charge on any atom is 0.129 e. The van der Waals surface area contributed by atoms with E-state index < -0.39 is 0 Å². The van der Waals surface area contributed by atoms with Gasteiger partial charge < -0.3 is 10.2 Å². The number of aromatic nitrogens is 1. The standard InChI is InChI=1S/C16H21N3/c1-17-11-12-10-16(19(2)13-6-5-7-13)18-15-9-4-3-8-14(12)15/h3-4,8-10,13,17H,5-7,11H2,1-2H3. The van der Waals surface area contributed by atoms with Crippen LogP contribution < -0.4 is 10.2 Å². The molecule has 100 valence electrons. The van der Waals surface area contributed by atoms with Crippen LogP contribution in [0.4, 0.5) is 5.82 Å². The third-order valence-electron chi connectivity index (χ3n) is 4.14. The Balaban J connectivity index is 2.04. The average molecular weight is 255 g/mol. The first kappa shape index (κ1) is 12.4. The van der Waals surface area contributed by atoms with Crippen molar-refractivity contribution in [2.24, 2.45) is 0 Å². The predicted octanol–water partition coefficient (Wildman–Crippen LogP) is 2.94. The Hall–Kier alpha value is -1.61. The van der Waals surface area contributed by atoms with Crippen molar-refractivity contribution in [3.8, 4) is 0 Å². The van der Waals surface area contributed by atoms with E-state index in [1.54, 1.807) is 0 Å². The summed E-state index contributed by atoms with van der Waals surface area (Å²) in [6.45, 7) is 0.883. The highest BCUT2D eigenvalue weighted by atomic mass is 15.2. The van der Waals surface area contributed by atoms with Crippen LogP contribution in [-0.2, 0) is 6.54 Å². The number of rotatable bonds is 4. The fourth-order valence-corrected chi connectivity index (χ4v) is 2.71. The molecule has 1 fully saturated rings. The highest BCUT2D eigenvalue weighted by Gasteiger charge is 2.23. The average Bonchev–Trinajstić information content (AvgIpc) is 2.37. The number of nitrogens with one attached hydrogen (secondary N) is 1. The second kappa shape index (κ2) is 5.17. The lowest BCUT2D eigenvalue weighted by Gasteiger charge is -2.35. The molecule has 0 spiro atoms. The smallest absolute Gasteiger partial charge is 0.129 e. The molecule has 0 amide bonds. The molecule has 0 aliphatic heterocycles. The Kier molecular flexibility index (Phi) is 3.38. The van der Waals surface area contributed by atoms with Crippen molar-refractivity contribution in [3.05, 3.63) is 35.9 Å². The number of hydrogen-bond donors (Lipinski definition) is 1.